The summed E-state index contributed by atoms with van der Waals surface area (Å²) in [6.07, 6.45) is 3.86. The van der Waals surface area contributed by atoms with Crippen molar-refractivity contribution >= 4 is 22.5 Å². The van der Waals surface area contributed by atoms with Gasteiger partial charge >= 0.3 is 0 Å². The summed E-state index contributed by atoms with van der Waals surface area (Å²) < 4.78 is 0. The lowest BCUT2D eigenvalue weighted by Gasteiger charge is -2.16. The van der Waals surface area contributed by atoms with Gasteiger partial charge in [0.2, 0.25) is 0 Å². The smallest absolute Gasteiger partial charge is 0.255 e. The van der Waals surface area contributed by atoms with Gasteiger partial charge in [0.25, 0.3) is 5.91 Å². The Morgan fingerprint density at radius 1 is 1.44 bits per heavy atom. The van der Waals surface area contributed by atoms with Crippen molar-refractivity contribution in [1.82, 2.24) is 9.88 Å². The van der Waals surface area contributed by atoms with E-state index < -0.39 is 0 Å². The van der Waals surface area contributed by atoms with E-state index in [1.165, 1.54) is 0 Å². The molecule has 4 heteroatoms. The minimum atomic E-state index is 0.0419. The molecule has 0 atom stereocenters. The molecule has 1 aromatic heterocycles. The number of rotatable bonds is 4. The van der Waals surface area contributed by atoms with Crippen LogP contribution in [-0.2, 0) is 0 Å². The van der Waals surface area contributed by atoms with Gasteiger partial charge in [0.15, 0.2) is 0 Å². The number of anilines is 1. The first-order chi connectivity index (χ1) is 8.63. The number of carbonyl (C=O) groups is 1. The molecule has 0 aliphatic carbocycles. The molecule has 0 unspecified atom stereocenters. The molecule has 0 bridgehead atoms. The molecule has 1 amide bonds. The van der Waals surface area contributed by atoms with E-state index in [0.29, 0.717) is 11.3 Å². The zero-order valence-corrected chi connectivity index (χ0v) is 10.9. The molecule has 96 valence electrons. The lowest BCUT2D eigenvalue weighted by atomic mass is 10.1. The van der Waals surface area contributed by atoms with Crippen LogP contribution in [0.4, 0.5) is 5.69 Å². The summed E-state index contributed by atoms with van der Waals surface area (Å²) in [5.41, 5.74) is 8.07. The van der Waals surface area contributed by atoms with Crippen molar-refractivity contribution in [3.8, 4) is 0 Å². The van der Waals surface area contributed by atoms with Crippen molar-refractivity contribution in [3.05, 3.63) is 30.0 Å². The highest BCUT2D eigenvalue weighted by Gasteiger charge is 2.15. The van der Waals surface area contributed by atoms with Gasteiger partial charge < -0.3 is 15.6 Å². The molecule has 0 aliphatic rings. The Balaban J connectivity index is 2.30. The third-order valence-corrected chi connectivity index (χ3v) is 3.13. The average Bonchev–Trinajstić information content (AvgIpc) is 2.77. The number of benzene rings is 1. The molecular formula is C14H19N3O. The SMILES string of the molecule is CCCCN(C)C(=O)c1c[nH]c2ccc(N)cc12. The molecule has 0 spiro atoms. The van der Waals surface area contributed by atoms with Gasteiger partial charge in [0, 0.05) is 36.4 Å². The maximum absolute atomic E-state index is 12.3. The van der Waals surface area contributed by atoms with Crippen LogP contribution in [0.15, 0.2) is 24.4 Å². The summed E-state index contributed by atoms with van der Waals surface area (Å²) in [5, 5.41) is 0.892. The number of nitrogens with one attached hydrogen (secondary N) is 1. The topological polar surface area (TPSA) is 62.1 Å². The largest absolute Gasteiger partial charge is 0.399 e. The van der Waals surface area contributed by atoms with Crippen molar-refractivity contribution in [3.63, 3.8) is 0 Å². The second-order valence-electron chi connectivity index (χ2n) is 4.59. The van der Waals surface area contributed by atoms with Gasteiger partial charge in [0.05, 0.1) is 5.56 Å². The number of aromatic amines is 1. The van der Waals surface area contributed by atoms with Crippen molar-refractivity contribution in [2.75, 3.05) is 19.3 Å². The number of hydrogen-bond donors (Lipinski definition) is 2. The fourth-order valence-electron chi connectivity index (χ4n) is 2.02. The number of aromatic nitrogens is 1. The van der Waals surface area contributed by atoms with E-state index >= 15 is 0 Å². The van der Waals surface area contributed by atoms with Crippen LogP contribution >= 0.6 is 0 Å². The fourth-order valence-corrected chi connectivity index (χ4v) is 2.02. The Morgan fingerprint density at radius 2 is 2.22 bits per heavy atom. The molecule has 1 aromatic carbocycles. The summed E-state index contributed by atoms with van der Waals surface area (Å²) in [6, 6.07) is 5.56. The number of H-pyrrole nitrogens is 1. The zero-order valence-electron chi connectivity index (χ0n) is 10.9. The van der Waals surface area contributed by atoms with Gasteiger partial charge in [-0.1, -0.05) is 13.3 Å². The third-order valence-electron chi connectivity index (χ3n) is 3.13. The number of nitrogen functional groups attached to an aromatic ring is 1. The van der Waals surface area contributed by atoms with Gasteiger partial charge in [-0.2, -0.15) is 0 Å². The van der Waals surface area contributed by atoms with E-state index in [-0.39, 0.29) is 5.91 Å². The number of fused-ring (bicyclic) bond motifs is 1. The average molecular weight is 245 g/mol. The lowest BCUT2D eigenvalue weighted by molar-refractivity contribution is 0.0795. The van der Waals surface area contributed by atoms with Crippen molar-refractivity contribution in [1.29, 1.82) is 0 Å². The van der Waals surface area contributed by atoms with E-state index in [1.54, 1.807) is 11.1 Å². The van der Waals surface area contributed by atoms with E-state index in [4.69, 9.17) is 5.73 Å². The molecular weight excluding hydrogens is 226 g/mol. The first-order valence-electron chi connectivity index (χ1n) is 6.25. The van der Waals surface area contributed by atoms with Crippen LogP contribution in [0, 0.1) is 0 Å². The summed E-state index contributed by atoms with van der Waals surface area (Å²) in [4.78, 5) is 17.2. The Labute approximate surface area is 107 Å². The fraction of sp³-hybridized carbons (Fsp3) is 0.357. The number of nitrogens with two attached hydrogens (primary N) is 1. The Hall–Kier alpha value is -1.97. The highest BCUT2D eigenvalue weighted by Crippen LogP contribution is 2.22. The van der Waals surface area contributed by atoms with Crippen LogP contribution in [0.25, 0.3) is 10.9 Å². The quantitative estimate of drug-likeness (QED) is 0.813. The number of carbonyl (C=O) groups excluding carboxylic acids is 1. The molecule has 0 saturated heterocycles. The molecule has 0 aliphatic heterocycles. The molecule has 2 rings (SSSR count). The Bertz CT molecular complexity index is 559. The number of nitrogens with zero attached hydrogens (tertiary/aromatic N) is 1. The molecule has 4 nitrogen and oxygen atoms in total. The van der Waals surface area contributed by atoms with Crippen molar-refractivity contribution in [2.24, 2.45) is 0 Å². The molecule has 3 N–H and O–H groups in total. The van der Waals surface area contributed by atoms with Gasteiger partial charge in [-0.05, 0) is 24.6 Å². The second-order valence-corrected chi connectivity index (χ2v) is 4.59. The highest BCUT2D eigenvalue weighted by molar-refractivity contribution is 6.07. The predicted octanol–water partition coefficient (Wildman–Crippen LogP) is 2.62. The number of amides is 1. The predicted molar refractivity (Wildman–Crippen MR) is 74.6 cm³/mol. The zero-order chi connectivity index (χ0) is 13.1. The standard InChI is InChI=1S/C14H19N3O/c1-3-4-7-17(2)14(18)12-9-16-13-6-5-10(15)8-11(12)13/h5-6,8-9,16H,3-4,7,15H2,1-2H3. The van der Waals surface area contributed by atoms with Gasteiger partial charge in [-0.25, -0.2) is 0 Å². The summed E-state index contributed by atoms with van der Waals surface area (Å²) >= 11 is 0. The van der Waals surface area contributed by atoms with E-state index in [0.717, 1.165) is 30.3 Å². The van der Waals surface area contributed by atoms with Crippen LogP contribution in [0.2, 0.25) is 0 Å². The van der Waals surface area contributed by atoms with Gasteiger partial charge in [-0.15, -0.1) is 0 Å². The normalized spacial score (nSPS) is 10.8. The molecule has 1 heterocycles. The maximum Gasteiger partial charge on any atom is 0.255 e. The molecule has 0 fully saturated rings. The minimum absolute atomic E-state index is 0.0419. The maximum atomic E-state index is 12.3. The van der Waals surface area contributed by atoms with E-state index in [2.05, 4.69) is 11.9 Å². The lowest BCUT2D eigenvalue weighted by Crippen LogP contribution is -2.27. The monoisotopic (exact) mass is 245 g/mol. The summed E-state index contributed by atoms with van der Waals surface area (Å²) in [5.74, 6) is 0.0419. The molecule has 0 saturated carbocycles. The number of hydrogen-bond acceptors (Lipinski definition) is 2. The minimum Gasteiger partial charge on any atom is -0.399 e. The summed E-state index contributed by atoms with van der Waals surface area (Å²) in [7, 11) is 1.84. The second kappa shape index (κ2) is 5.12. The van der Waals surface area contributed by atoms with Gasteiger partial charge in [-0.3, -0.25) is 4.79 Å². The van der Waals surface area contributed by atoms with Crippen LogP contribution in [0.1, 0.15) is 30.1 Å². The first kappa shape index (κ1) is 12.5. The van der Waals surface area contributed by atoms with Crippen molar-refractivity contribution < 1.29 is 4.79 Å². The Morgan fingerprint density at radius 3 is 2.94 bits per heavy atom. The van der Waals surface area contributed by atoms with Gasteiger partial charge in [0.1, 0.15) is 0 Å². The van der Waals surface area contributed by atoms with Crippen LogP contribution < -0.4 is 5.73 Å². The first-order valence-corrected chi connectivity index (χ1v) is 6.25. The number of unbranched alkanes of at least 4 members (excludes halogenated alkanes) is 1. The highest BCUT2D eigenvalue weighted by atomic mass is 16.2. The van der Waals surface area contributed by atoms with Crippen LogP contribution in [0.3, 0.4) is 0 Å². The van der Waals surface area contributed by atoms with E-state index in [1.807, 2.05) is 25.2 Å². The molecule has 2 aromatic rings. The van der Waals surface area contributed by atoms with Crippen molar-refractivity contribution in [2.45, 2.75) is 19.8 Å². The summed E-state index contributed by atoms with van der Waals surface area (Å²) in [6.45, 7) is 2.90. The van der Waals surface area contributed by atoms with Crippen LogP contribution in [0.5, 0.6) is 0 Å². The third kappa shape index (κ3) is 2.32. The van der Waals surface area contributed by atoms with Crippen LogP contribution in [-0.4, -0.2) is 29.4 Å². The molecule has 0 radical (unpaired) electrons. The molecule has 18 heavy (non-hydrogen) atoms. The van der Waals surface area contributed by atoms with E-state index in [9.17, 15) is 4.79 Å². The Kier molecular flexibility index (Phi) is 3.55.